The van der Waals surface area contributed by atoms with E-state index in [-0.39, 0.29) is 29.3 Å². The van der Waals surface area contributed by atoms with Gasteiger partial charge in [-0.3, -0.25) is 4.79 Å². The Morgan fingerprint density at radius 1 is 1.25 bits per heavy atom. The number of nitrogens with one attached hydrogen (secondary N) is 1. The normalized spacial score (nSPS) is 27.1. The molecule has 0 radical (unpaired) electrons. The van der Waals surface area contributed by atoms with Gasteiger partial charge in [0.25, 0.3) is 0 Å². The van der Waals surface area contributed by atoms with Gasteiger partial charge in [-0.15, -0.1) is 0 Å². The summed E-state index contributed by atoms with van der Waals surface area (Å²) in [6, 6.07) is 13.8. The van der Waals surface area contributed by atoms with Gasteiger partial charge in [0.15, 0.2) is 0 Å². The van der Waals surface area contributed by atoms with Gasteiger partial charge in [0.2, 0.25) is 0 Å². The van der Waals surface area contributed by atoms with E-state index >= 15 is 0 Å². The number of carbonyl (C=O) groups excluding carboxylic acids is 1. The molecule has 2 N–H and O–H groups in total. The molecule has 0 aliphatic carbocycles. The van der Waals surface area contributed by atoms with Gasteiger partial charge in [-0.05, 0) is 56.0 Å². The second-order valence-corrected chi connectivity index (χ2v) is 7.89. The van der Waals surface area contributed by atoms with Crippen LogP contribution in [-0.2, 0) is 9.53 Å². The molecule has 1 spiro atoms. The van der Waals surface area contributed by atoms with Crippen molar-refractivity contribution in [2.75, 3.05) is 13.2 Å². The van der Waals surface area contributed by atoms with E-state index in [0.29, 0.717) is 12.4 Å². The molecule has 2 aliphatic heterocycles. The molecule has 2 aromatic rings. The minimum atomic E-state index is -0.362. The van der Waals surface area contributed by atoms with Gasteiger partial charge in [-0.1, -0.05) is 30.3 Å². The van der Waals surface area contributed by atoms with E-state index in [2.05, 4.69) is 29.6 Å². The van der Waals surface area contributed by atoms with Gasteiger partial charge in [0, 0.05) is 18.4 Å². The van der Waals surface area contributed by atoms with Crippen molar-refractivity contribution in [2.24, 2.45) is 0 Å². The lowest BCUT2D eigenvalue weighted by Gasteiger charge is -2.41. The highest BCUT2D eigenvalue weighted by atomic mass is 16.5. The fourth-order valence-electron chi connectivity index (χ4n) is 4.87. The Morgan fingerprint density at radius 2 is 2.04 bits per heavy atom. The molecule has 0 saturated carbocycles. The number of carbonyl (C=O) groups is 1. The first-order valence-corrected chi connectivity index (χ1v) is 9.93. The Hall–Kier alpha value is -2.37. The van der Waals surface area contributed by atoms with Crippen LogP contribution in [0.25, 0.3) is 0 Å². The highest BCUT2D eigenvalue weighted by Gasteiger charge is 2.49. The van der Waals surface area contributed by atoms with Crippen molar-refractivity contribution in [1.29, 1.82) is 0 Å². The number of ether oxygens (including phenoxy) is 2. The van der Waals surface area contributed by atoms with Crippen molar-refractivity contribution < 1.29 is 19.4 Å². The molecule has 0 amide bonds. The largest absolute Gasteiger partial charge is 0.508 e. The van der Waals surface area contributed by atoms with E-state index in [9.17, 15) is 9.90 Å². The van der Waals surface area contributed by atoms with Crippen LogP contribution in [0.15, 0.2) is 42.5 Å². The van der Waals surface area contributed by atoms with Crippen LogP contribution in [0.2, 0.25) is 0 Å². The van der Waals surface area contributed by atoms with Crippen LogP contribution in [0.1, 0.15) is 54.8 Å². The Balaban J connectivity index is 1.65. The Bertz CT molecular complexity index is 866. The van der Waals surface area contributed by atoms with Crippen LogP contribution in [0.5, 0.6) is 11.5 Å². The lowest BCUT2D eigenvalue weighted by Crippen LogP contribution is -2.48. The summed E-state index contributed by atoms with van der Waals surface area (Å²) >= 11 is 0. The maximum Gasteiger partial charge on any atom is 0.308 e. The lowest BCUT2D eigenvalue weighted by atomic mass is 9.76. The van der Waals surface area contributed by atoms with Crippen molar-refractivity contribution >= 4 is 5.97 Å². The third-order valence-corrected chi connectivity index (χ3v) is 6.05. The van der Waals surface area contributed by atoms with E-state index in [4.69, 9.17) is 9.47 Å². The van der Waals surface area contributed by atoms with Gasteiger partial charge in [0.05, 0.1) is 18.2 Å². The van der Waals surface area contributed by atoms with Crippen molar-refractivity contribution in [2.45, 2.75) is 50.7 Å². The lowest BCUT2D eigenvalue weighted by molar-refractivity contribution is -0.131. The topological polar surface area (TPSA) is 67.8 Å². The van der Waals surface area contributed by atoms with E-state index in [1.54, 1.807) is 12.1 Å². The molecule has 3 atom stereocenters. The average Bonchev–Trinajstić information content (AvgIpc) is 3.09. The van der Waals surface area contributed by atoms with Gasteiger partial charge in [-0.25, -0.2) is 0 Å². The molecule has 2 aromatic carbocycles. The first-order valence-electron chi connectivity index (χ1n) is 9.93. The summed E-state index contributed by atoms with van der Waals surface area (Å²) in [4.78, 5) is 11.4. The summed E-state index contributed by atoms with van der Waals surface area (Å²) in [5.41, 5.74) is 2.58. The predicted molar refractivity (Wildman–Crippen MR) is 107 cm³/mol. The molecule has 2 aliphatic rings. The maximum atomic E-state index is 11.4. The number of aromatic hydroxyl groups is 1. The quantitative estimate of drug-likeness (QED) is 0.621. The fourth-order valence-corrected chi connectivity index (χ4v) is 4.87. The molecule has 28 heavy (non-hydrogen) atoms. The summed E-state index contributed by atoms with van der Waals surface area (Å²) in [5, 5.41) is 14.2. The number of phenolic OH excluding ortho intramolecular Hbond substituents is 1. The molecule has 148 valence electrons. The van der Waals surface area contributed by atoms with Crippen molar-refractivity contribution in [1.82, 2.24) is 5.32 Å². The molecule has 5 heteroatoms. The number of piperidine rings is 1. The molecule has 2 fully saturated rings. The fraction of sp³-hybridized carbons (Fsp3) is 0.435. The zero-order valence-electron chi connectivity index (χ0n) is 16.4. The van der Waals surface area contributed by atoms with Crippen LogP contribution in [-0.4, -0.2) is 29.8 Å². The molecule has 0 aromatic heterocycles. The molecule has 0 unspecified atom stereocenters. The van der Waals surface area contributed by atoms with Gasteiger partial charge >= 0.3 is 5.97 Å². The molecule has 5 nitrogen and oxygen atoms in total. The predicted octanol–water partition coefficient (Wildman–Crippen LogP) is 3.99. The van der Waals surface area contributed by atoms with Crippen LogP contribution in [0.4, 0.5) is 0 Å². The Kier molecular flexibility index (Phi) is 5.13. The summed E-state index contributed by atoms with van der Waals surface area (Å²) in [6.45, 7) is 4.80. The number of esters is 1. The summed E-state index contributed by atoms with van der Waals surface area (Å²) in [6.07, 6.45) is 2.87. The first kappa shape index (κ1) is 19.0. The van der Waals surface area contributed by atoms with E-state index in [1.807, 2.05) is 13.0 Å². The minimum Gasteiger partial charge on any atom is -0.508 e. The molecular weight excluding hydrogens is 354 g/mol. The van der Waals surface area contributed by atoms with Crippen molar-refractivity contribution in [3.05, 3.63) is 59.2 Å². The van der Waals surface area contributed by atoms with Crippen LogP contribution < -0.4 is 10.1 Å². The SMILES string of the molecule is CC(=O)Oc1ccc(O)c([C@H]2CO[C@]3(CCCN[C@H]3c3ccccc3)C2)c1C. The second kappa shape index (κ2) is 7.57. The highest BCUT2D eigenvalue weighted by molar-refractivity contribution is 5.70. The zero-order chi connectivity index (χ0) is 19.7. The monoisotopic (exact) mass is 381 g/mol. The first-order chi connectivity index (χ1) is 13.5. The zero-order valence-corrected chi connectivity index (χ0v) is 16.4. The average molecular weight is 381 g/mol. The molecule has 0 bridgehead atoms. The maximum absolute atomic E-state index is 11.4. The Labute approximate surface area is 165 Å². The van der Waals surface area contributed by atoms with E-state index in [0.717, 1.165) is 36.9 Å². The number of hydrogen-bond donors (Lipinski definition) is 2. The number of phenols is 1. The minimum absolute atomic E-state index is 0.0571. The highest BCUT2D eigenvalue weighted by Crippen LogP contribution is 2.50. The number of hydrogen-bond acceptors (Lipinski definition) is 5. The third-order valence-electron chi connectivity index (χ3n) is 6.05. The van der Waals surface area contributed by atoms with Gasteiger partial charge in [-0.2, -0.15) is 0 Å². The number of rotatable bonds is 3. The third kappa shape index (κ3) is 3.40. The smallest absolute Gasteiger partial charge is 0.308 e. The summed E-state index contributed by atoms with van der Waals surface area (Å²) in [5.74, 6) is 0.433. The standard InChI is InChI=1S/C23H27NO4/c1-15-20(28-16(2)25)10-9-19(26)21(15)18-13-23(27-14-18)11-6-12-24-22(23)17-7-4-3-5-8-17/h3-5,7-10,18,22,24,26H,6,11-14H2,1-2H3/t18-,22+,23-/m1/s1. The van der Waals surface area contributed by atoms with Crippen molar-refractivity contribution in [3.63, 3.8) is 0 Å². The Morgan fingerprint density at radius 3 is 2.79 bits per heavy atom. The van der Waals surface area contributed by atoms with Gasteiger partial charge < -0.3 is 19.9 Å². The van der Waals surface area contributed by atoms with Crippen LogP contribution >= 0.6 is 0 Å². The summed E-state index contributed by atoms with van der Waals surface area (Å²) < 4.78 is 11.8. The second-order valence-electron chi connectivity index (χ2n) is 7.89. The number of benzene rings is 2. The van der Waals surface area contributed by atoms with E-state index < -0.39 is 0 Å². The molecule has 4 rings (SSSR count). The van der Waals surface area contributed by atoms with Crippen molar-refractivity contribution in [3.8, 4) is 11.5 Å². The summed E-state index contributed by atoms with van der Waals surface area (Å²) in [7, 11) is 0. The molecular formula is C23H27NO4. The molecule has 2 saturated heterocycles. The van der Waals surface area contributed by atoms with E-state index in [1.165, 1.54) is 12.5 Å². The van der Waals surface area contributed by atoms with Crippen LogP contribution in [0.3, 0.4) is 0 Å². The van der Waals surface area contributed by atoms with Crippen LogP contribution in [0, 0.1) is 6.92 Å². The molecule has 2 heterocycles. The van der Waals surface area contributed by atoms with Gasteiger partial charge in [0.1, 0.15) is 11.5 Å².